The van der Waals surface area contributed by atoms with Crippen LogP contribution in [0.15, 0.2) is 23.1 Å². The van der Waals surface area contributed by atoms with E-state index in [4.69, 9.17) is 4.74 Å². The Morgan fingerprint density at radius 3 is 2.40 bits per heavy atom. The zero-order valence-corrected chi connectivity index (χ0v) is 16.4. The lowest BCUT2D eigenvalue weighted by Gasteiger charge is -2.19. The number of ether oxygens (including phenoxy) is 1. The predicted molar refractivity (Wildman–Crippen MR) is 98.6 cm³/mol. The lowest BCUT2D eigenvalue weighted by molar-refractivity contribution is 0.0947. The van der Waals surface area contributed by atoms with Crippen LogP contribution in [0.5, 0.6) is 5.75 Å². The maximum atomic E-state index is 12.7. The number of carbonyl (C=O) groups is 1. The molecule has 1 atom stereocenters. The monoisotopic (exact) mass is 371 g/mol. The molecule has 0 spiro atoms. The average molecular weight is 372 g/mol. The minimum Gasteiger partial charge on any atom is -0.496 e. The number of hydrogen-bond donors (Lipinski definition) is 2. The second-order valence-electron chi connectivity index (χ2n) is 5.62. The maximum absolute atomic E-state index is 12.7. The number of benzene rings is 1. The third kappa shape index (κ3) is 5.42. The molecule has 8 heteroatoms. The molecule has 0 aliphatic rings. The molecule has 0 saturated carbocycles. The van der Waals surface area contributed by atoms with E-state index >= 15 is 0 Å². The van der Waals surface area contributed by atoms with Gasteiger partial charge in [-0.15, -0.1) is 0 Å². The highest BCUT2D eigenvalue weighted by Crippen LogP contribution is 2.24. The third-order valence-electron chi connectivity index (χ3n) is 3.88. The lowest BCUT2D eigenvalue weighted by Crippen LogP contribution is -2.39. The van der Waals surface area contributed by atoms with Crippen molar-refractivity contribution < 1.29 is 17.9 Å². The highest BCUT2D eigenvalue weighted by atomic mass is 32.2. The predicted octanol–water partition coefficient (Wildman–Crippen LogP) is 1.45. The molecule has 25 heavy (non-hydrogen) atoms. The van der Waals surface area contributed by atoms with Crippen molar-refractivity contribution in [3.63, 3.8) is 0 Å². The first-order valence-electron chi connectivity index (χ1n) is 8.51. The summed E-state index contributed by atoms with van der Waals surface area (Å²) in [5.74, 6) is -0.0229. The number of hydrogen-bond acceptors (Lipinski definition) is 5. The van der Waals surface area contributed by atoms with Gasteiger partial charge in [0, 0.05) is 25.7 Å². The van der Waals surface area contributed by atoms with Crippen molar-refractivity contribution in [2.45, 2.75) is 38.6 Å². The highest BCUT2D eigenvalue weighted by molar-refractivity contribution is 7.89. The Hall–Kier alpha value is -1.64. The fraction of sp³-hybridized carbons (Fsp3) is 0.588. The van der Waals surface area contributed by atoms with Crippen molar-refractivity contribution in [3.05, 3.63) is 23.8 Å². The molecule has 142 valence electrons. The van der Waals surface area contributed by atoms with Crippen LogP contribution >= 0.6 is 0 Å². The highest BCUT2D eigenvalue weighted by Gasteiger charge is 2.24. The van der Waals surface area contributed by atoms with Crippen molar-refractivity contribution in [2.75, 3.05) is 33.3 Å². The summed E-state index contributed by atoms with van der Waals surface area (Å²) >= 11 is 0. The van der Waals surface area contributed by atoms with Crippen molar-refractivity contribution in [1.82, 2.24) is 14.9 Å². The average Bonchev–Trinajstić information content (AvgIpc) is 2.60. The second kappa shape index (κ2) is 9.74. The van der Waals surface area contributed by atoms with E-state index in [-0.39, 0.29) is 22.4 Å². The van der Waals surface area contributed by atoms with Gasteiger partial charge in [-0.05, 0) is 31.7 Å². The van der Waals surface area contributed by atoms with E-state index in [9.17, 15) is 13.2 Å². The van der Waals surface area contributed by atoms with Gasteiger partial charge >= 0.3 is 0 Å². The summed E-state index contributed by atoms with van der Waals surface area (Å²) in [6.45, 7) is 9.48. The molecule has 0 bridgehead atoms. The lowest BCUT2D eigenvalue weighted by atomic mass is 10.2. The van der Waals surface area contributed by atoms with Gasteiger partial charge in [0.15, 0.2) is 0 Å². The van der Waals surface area contributed by atoms with Gasteiger partial charge in [-0.2, -0.15) is 4.31 Å². The van der Waals surface area contributed by atoms with Crippen LogP contribution in [0.3, 0.4) is 0 Å². The molecular weight excluding hydrogens is 342 g/mol. The topological polar surface area (TPSA) is 87.7 Å². The zero-order valence-electron chi connectivity index (χ0n) is 15.6. The Morgan fingerprint density at radius 2 is 1.88 bits per heavy atom. The van der Waals surface area contributed by atoms with Crippen LogP contribution in [0, 0.1) is 0 Å². The number of amides is 1. The molecule has 0 heterocycles. The van der Waals surface area contributed by atoms with E-state index in [1.165, 1.54) is 29.6 Å². The van der Waals surface area contributed by atoms with Gasteiger partial charge in [0.2, 0.25) is 10.0 Å². The summed E-state index contributed by atoms with van der Waals surface area (Å²) in [5.41, 5.74) is 0.208. The molecule has 1 aromatic carbocycles. The van der Waals surface area contributed by atoms with E-state index in [2.05, 4.69) is 10.6 Å². The Labute approximate surface area is 150 Å². The van der Waals surface area contributed by atoms with Crippen LogP contribution in [0.4, 0.5) is 0 Å². The van der Waals surface area contributed by atoms with E-state index < -0.39 is 10.0 Å². The van der Waals surface area contributed by atoms with Gasteiger partial charge in [0.25, 0.3) is 5.91 Å². The minimum absolute atomic E-state index is 0.0851. The number of nitrogens with zero attached hydrogens (tertiary/aromatic N) is 1. The van der Waals surface area contributed by atoms with Crippen molar-refractivity contribution >= 4 is 15.9 Å². The number of carbonyl (C=O) groups excluding carboxylic acids is 1. The molecule has 0 aliphatic heterocycles. The normalized spacial score (nSPS) is 12.9. The van der Waals surface area contributed by atoms with Crippen LogP contribution in [0.25, 0.3) is 0 Å². The van der Waals surface area contributed by atoms with Crippen LogP contribution < -0.4 is 15.4 Å². The van der Waals surface area contributed by atoms with Crippen LogP contribution in [0.1, 0.15) is 38.1 Å². The molecule has 1 amide bonds. The van der Waals surface area contributed by atoms with Gasteiger partial charge in [-0.1, -0.05) is 20.8 Å². The van der Waals surface area contributed by atoms with Crippen molar-refractivity contribution in [2.24, 2.45) is 0 Å². The van der Waals surface area contributed by atoms with Crippen molar-refractivity contribution in [3.8, 4) is 5.75 Å². The van der Waals surface area contributed by atoms with E-state index in [1.54, 1.807) is 13.8 Å². The summed E-state index contributed by atoms with van der Waals surface area (Å²) < 4.78 is 31.9. The molecular formula is C17H29N3O4S. The number of likely N-dealkylation sites (N-methyl/N-ethyl adjacent to an activating group) is 1. The molecule has 1 aromatic rings. The quantitative estimate of drug-likeness (QED) is 0.650. The number of rotatable bonds is 10. The molecule has 1 rings (SSSR count). The second-order valence-corrected chi connectivity index (χ2v) is 7.56. The SMILES string of the molecule is CCN[C@H](C)CNC(=O)c1cc(S(=O)(=O)N(CC)CC)ccc1OC. The van der Waals surface area contributed by atoms with Gasteiger partial charge in [-0.25, -0.2) is 8.42 Å². The van der Waals surface area contributed by atoms with Crippen LogP contribution in [-0.2, 0) is 10.0 Å². The summed E-state index contributed by atoms with van der Waals surface area (Å²) in [6.07, 6.45) is 0. The van der Waals surface area contributed by atoms with Crippen LogP contribution in [-0.4, -0.2) is 58.0 Å². The smallest absolute Gasteiger partial charge is 0.255 e. The summed E-state index contributed by atoms with van der Waals surface area (Å²) in [6, 6.07) is 4.46. The Balaban J connectivity index is 3.12. The number of sulfonamides is 1. The summed E-state index contributed by atoms with van der Waals surface area (Å²) in [7, 11) is -2.19. The summed E-state index contributed by atoms with van der Waals surface area (Å²) in [4.78, 5) is 12.6. The minimum atomic E-state index is -3.64. The largest absolute Gasteiger partial charge is 0.496 e. The first kappa shape index (κ1) is 21.4. The number of nitrogens with one attached hydrogen (secondary N) is 2. The first-order valence-corrected chi connectivity index (χ1v) is 9.95. The number of methoxy groups -OCH3 is 1. The van der Waals surface area contributed by atoms with Gasteiger partial charge < -0.3 is 15.4 Å². The zero-order chi connectivity index (χ0) is 19.0. The molecule has 0 saturated heterocycles. The Bertz CT molecular complexity index is 672. The van der Waals surface area contributed by atoms with Gasteiger partial charge in [0.05, 0.1) is 17.6 Å². The Morgan fingerprint density at radius 1 is 1.24 bits per heavy atom. The molecule has 0 aromatic heterocycles. The Kier molecular flexibility index (Phi) is 8.34. The molecule has 0 radical (unpaired) electrons. The molecule has 0 aliphatic carbocycles. The van der Waals surface area contributed by atoms with Crippen molar-refractivity contribution in [1.29, 1.82) is 0 Å². The van der Waals surface area contributed by atoms with E-state index in [1.807, 2.05) is 13.8 Å². The van der Waals surface area contributed by atoms with Crippen LogP contribution in [0.2, 0.25) is 0 Å². The van der Waals surface area contributed by atoms with E-state index in [0.717, 1.165) is 6.54 Å². The summed E-state index contributed by atoms with van der Waals surface area (Å²) in [5, 5.41) is 6.00. The molecule has 0 unspecified atom stereocenters. The maximum Gasteiger partial charge on any atom is 0.255 e. The molecule has 7 nitrogen and oxygen atoms in total. The molecule has 0 fully saturated rings. The third-order valence-corrected chi connectivity index (χ3v) is 5.93. The first-order chi connectivity index (χ1) is 11.8. The standard InChI is InChI=1S/C17H29N3O4S/c1-6-18-13(4)12-19-17(21)15-11-14(9-10-16(15)24-5)25(22,23)20(7-2)8-3/h9-11,13,18H,6-8,12H2,1-5H3,(H,19,21)/t13-/m1/s1. The fourth-order valence-corrected chi connectivity index (χ4v) is 3.98. The van der Waals surface area contributed by atoms with E-state index in [0.29, 0.717) is 25.4 Å². The fourth-order valence-electron chi connectivity index (χ4n) is 2.50. The molecule has 2 N–H and O–H groups in total. The van der Waals surface area contributed by atoms with Gasteiger partial charge in [-0.3, -0.25) is 4.79 Å². The van der Waals surface area contributed by atoms with Gasteiger partial charge in [0.1, 0.15) is 5.75 Å².